The van der Waals surface area contributed by atoms with Gasteiger partial charge in [-0.05, 0) is 24.3 Å². The molecular formula is C14H17ClN2O2S. The zero-order valence-electron chi connectivity index (χ0n) is 11.1. The highest BCUT2D eigenvalue weighted by molar-refractivity contribution is 7.99. The van der Waals surface area contributed by atoms with E-state index in [-0.39, 0.29) is 11.8 Å². The fraction of sp³-hybridized carbons (Fsp3) is 0.429. The van der Waals surface area contributed by atoms with Crippen molar-refractivity contribution in [2.45, 2.75) is 17.7 Å². The Kier molecular flexibility index (Phi) is 5.73. The zero-order valence-corrected chi connectivity index (χ0v) is 12.7. The second-order valence-corrected chi connectivity index (χ2v) is 6.14. The molecule has 1 fully saturated rings. The summed E-state index contributed by atoms with van der Waals surface area (Å²) in [5.41, 5.74) is 0. The molecule has 1 aliphatic rings. The van der Waals surface area contributed by atoms with Crippen LogP contribution in [0.2, 0.25) is 5.02 Å². The summed E-state index contributed by atoms with van der Waals surface area (Å²) >= 11 is 7.46. The summed E-state index contributed by atoms with van der Waals surface area (Å²) in [5, 5.41) is 3.48. The van der Waals surface area contributed by atoms with Gasteiger partial charge in [-0.15, -0.1) is 11.8 Å². The molecule has 0 aromatic heterocycles. The lowest BCUT2D eigenvalue weighted by Gasteiger charge is -2.19. The smallest absolute Gasteiger partial charge is 0.223 e. The van der Waals surface area contributed by atoms with Gasteiger partial charge in [0.15, 0.2) is 0 Å². The molecule has 0 radical (unpaired) electrons. The van der Waals surface area contributed by atoms with Crippen LogP contribution in [0.25, 0.3) is 0 Å². The Hall–Kier alpha value is -1.20. The summed E-state index contributed by atoms with van der Waals surface area (Å²) < 4.78 is 0. The molecule has 0 spiro atoms. The number of nitrogens with one attached hydrogen (secondary N) is 1. The molecule has 2 rings (SSSR count). The van der Waals surface area contributed by atoms with Crippen molar-refractivity contribution in [1.82, 2.24) is 10.2 Å². The Morgan fingerprint density at radius 1 is 1.30 bits per heavy atom. The molecule has 0 saturated carbocycles. The maximum absolute atomic E-state index is 12.1. The predicted octanol–water partition coefficient (Wildman–Crippen LogP) is 2.17. The SMILES string of the molecule is O=C1CCN(C(=O)CCSc2ccc(Cl)cc2)CCN1. The topological polar surface area (TPSA) is 49.4 Å². The lowest BCUT2D eigenvalue weighted by atomic mass is 10.3. The van der Waals surface area contributed by atoms with E-state index in [0.29, 0.717) is 37.5 Å². The first-order chi connectivity index (χ1) is 9.65. The van der Waals surface area contributed by atoms with Crippen LogP contribution in [0, 0.1) is 0 Å². The van der Waals surface area contributed by atoms with Crippen molar-refractivity contribution in [3.05, 3.63) is 29.3 Å². The molecule has 0 aliphatic carbocycles. The summed E-state index contributed by atoms with van der Waals surface area (Å²) in [4.78, 5) is 26.1. The fourth-order valence-corrected chi connectivity index (χ4v) is 2.93. The number of halogens is 1. The van der Waals surface area contributed by atoms with E-state index in [1.807, 2.05) is 24.3 Å². The molecule has 20 heavy (non-hydrogen) atoms. The van der Waals surface area contributed by atoms with Crippen molar-refractivity contribution >= 4 is 35.2 Å². The Bertz CT molecular complexity index is 479. The molecule has 2 amide bonds. The number of hydrogen-bond acceptors (Lipinski definition) is 3. The van der Waals surface area contributed by atoms with E-state index in [1.165, 1.54) is 0 Å². The first-order valence-electron chi connectivity index (χ1n) is 6.58. The van der Waals surface area contributed by atoms with Crippen molar-refractivity contribution in [2.24, 2.45) is 0 Å². The van der Waals surface area contributed by atoms with E-state index < -0.39 is 0 Å². The van der Waals surface area contributed by atoms with Crippen LogP contribution in [0.3, 0.4) is 0 Å². The van der Waals surface area contributed by atoms with Gasteiger partial charge >= 0.3 is 0 Å². The molecule has 1 saturated heterocycles. The van der Waals surface area contributed by atoms with Crippen LogP contribution in [0.1, 0.15) is 12.8 Å². The van der Waals surface area contributed by atoms with Crippen LogP contribution >= 0.6 is 23.4 Å². The molecule has 0 unspecified atom stereocenters. The summed E-state index contributed by atoms with van der Waals surface area (Å²) in [6.07, 6.45) is 0.886. The molecular weight excluding hydrogens is 296 g/mol. The van der Waals surface area contributed by atoms with Crippen molar-refractivity contribution in [2.75, 3.05) is 25.4 Å². The van der Waals surface area contributed by atoms with E-state index >= 15 is 0 Å². The Morgan fingerprint density at radius 3 is 2.80 bits per heavy atom. The molecule has 0 bridgehead atoms. The van der Waals surface area contributed by atoms with Gasteiger partial charge in [-0.3, -0.25) is 9.59 Å². The highest BCUT2D eigenvalue weighted by atomic mass is 35.5. The van der Waals surface area contributed by atoms with Gasteiger partial charge in [0.25, 0.3) is 0 Å². The number of nitrogens with zero attached hydrogens (tertiary/aromatic N) is 1. The van der Waals surface area contributed by atoms with Gasteiger partial charge in [-0.25, -0.2) is 0 Å². The number of thioether (sulfide) groups is 1. The molecule has 1 aliphatic heterocycles. The van der Waals surface area contributed by atoms with Gasteiger partial charge in [-0.2, -0.15) is 0 Å². The summed E-state index contributed by atoms with van der Waals surface area (Å²) in [6.45, 7) is 1.68. The van der Waals surface area contributed by atoms with E-state index in [4.69, 9.17) is 11.6 Å². The Labute approximate surface area is 127 Å². The average Bonchev–Trinajstić information content (AvgIpc) is 2.66. The summed E-state index contributed by atoms with van der Waals surface area (Å²) in [5.74, 6) is 0.872. The van der Waals surface area contributed by atoms with E-state index in [2.05, 4.69) is 5.32 Å². The average molecular weight is 313 g/mol. The molecule has 6 heteroatoms. The monoisotopic (exact) mass is 312 g/mol. The van der Waals surface area contributed by atoms with Gasteiger partial charge in [-0.1, -0.05) is 11.6 Å². The molecule has 4 nitrogen and oxygen atoms in total. The van der Waals surface area contributed by atoms with Crippen molar-refractivity contribution in [3.63, 3.8) is 0 Å². The van der Waals surface area contributed by atoms with E-state index in [0.717, 1.165) is 10.6 Å². The van der Waals surface area contributed by atoms with Gasteiger partial charge in [0.05, 0.1) is 0 Å². The van der Waals surface area contributed by atoms with Gasteiger partial charge in [0.2, 0.25) is 11.8 Å². The molecule has 1 N–H and O–H groups in total. The van der Waals surface area contributed by atoms with Gasteiger partial charge in [0.1, 0.15) is 0 Å². The van der Waals surface area contributed by atoms with E-state index in [1.54, 1.807) is 16.7 Å². The second-order valence-electron chi connectivity index (χ2n) is 4.53. The summed E-state index contributed by atoms with van der Waals surface area (Å²) in [7, 11) is 0. The third-order valence-electron chi connectivity index (χ3n) is 3.06. The minimum Gasteiger partial charge on any atom is -0.354 e. The first kappa shape index (κ1) is 15.2. The van der Waals surface area contributed by atoms with Crippen LogP contribution in [0.4, 0.5) is 0 Å². The second kappa shape index (κ2) is 7.55. The minimum atomic E-state index is 0.0239. The van der Waals surface area contributed by atoms with Gasteiger partial charge in [0, 0.05) is 48.1 Å². The normalized spacial score (nSPS) is 15.7. The molecule has 108 valence electrons. The highest BCUT2D eigenvalue weighted by Gasteiger charge is 2.17. The first-order valence-corrected chi connectivity index (χ1v) is 7.94. The molecule has 1 heterocycles. The highest BCUT2D eigenvalue weighted by Crippen LogP contribution is 2.21. The standard InChI is InChI=1S/C14H17ClN2O2S/c15-11-1-3-12(4-2-11)20-10-6-14(19)17-8-5-13(18)16-7-9-17/h1-4H,5-10H2,(H,16,18). The Morgan fingerprint density at radius 2 is 2.05 bits per heavy atom. The third kappa shape index (κ3) is 4.72. The predicted molar refractivity (Wildman–Crippen MR) is 81.0 cm³/mol. The number of rotatable bonds is 4. The van der Waals surface area contributed by atoms with Crippen LogP contribution < -0.4 is 5.32 Å². The van der Waals surface area contributed by atoms with E-state index in [9.17, 15) is 9.59 Å². The van der Waals surface area contributed by atoms with Crippen molar-refractivity contribution < 1.29 is 9.59 Å². The number of benzene rings is 1. The van der Waals surface area contributed by atoms with Crippen molar-refractivity contribution in [3.8, 4) is 0 Å². The largest absolute Gasteiger partial charge is 0.354 e. The maximum atomic E-state index is 12.1. The van der Waals surface area contributed by atoms with Gasteiger partial charge < -0.3 is 10.2 Å². The molecule has 0 atom stereocenters. The van der Waals surface area contributed by atoms with Crippen LogP contribution in [-0.2, 0) is 9.59 Å². The number of amides is 2. The minimum absolute atomic E-state index is 0.0239. The number of carbonyl (C=O) groups excluding carboxylic acids is 2. The Balaban J connectivity index is 1.74. The lowest BCUT2D eigenvalue weighted by molar-refractivity contribution is -0.130. The molecule has 1 aromatic carbocycles. The third-order valence-corrected chi connectivity index (χ3v) is 4.33. The summed E-state index contributed by atoms with van der Waals surface area (Å²) in [6, 6.07) is 7.59. The quantitative estimate of drug-likeness (QED) is 0.867. The van der Waals surface area contributed by atoms with Crippen LogP contribution in [0.15, 0.2) is 29.2 Å². The van der Waals surface area contributed by atoms with Crippen molar-refractivity contribution in [1.29, 1.82) is 0 Å². The fourth-order valence-electron chi connectivity index (χ4n) is 1.96. The van der Waals surface area contributed by atoms with Crippen LogP contribution in [-0.4, -0.2) is 42.1 Å². The van der Waals surface area contributed by atoms with Crippen LogP contribution in [0.5, 0.6) is 0 Å². The number of hydrogen-bond donors (Lipinski definition) is 1. The lowest BCUT2D eigenvalue weighted by Crippen LogP contribution is -2.34. The molecule has 1 aromatic rings. The number of carbonyl (C=O) groups is 2. The zero-order chi connectivity index (χ0) is 14.4. The maximum Gasteiger partial charge on any atom is 0.223 e.